The van der Waals surface area contributed by atoms with Crippen LogP contribution in [0.25, 0.3) is 0 Å². The molecule has 0 bridgehead atoms. The molecule has 1 rings (SSSR count). The van der Waals surface area contributed by atoms with E-state index in [1.807, 2.05) is 18.7 Å². The van der Waals surface area contributed by atoms with Gasteiger partial charge in [-0.15, -0.1) is 0 Å². The van der Waals surface area contributed by atoms with Crippen molar-refractivity contribution in [3.8, 4) is 0 Å². The van der Waals surface area contributed by atoms with Crippen molar-refractivity contribution in [2.45, 2.75) is 33.4 Å². The molecule has 4 heteroatoms. The maximum atomic E-state index is 11.0. The zero-order chi connectivity index (χ0) is 10.7. The molecule has 0 spiro atoms. The van der Waals surface area contributed by atoms with E-state index in [2.05, 4.69) is 11.8 Å². The lowest BCUT2D eigenvalue weighted by molar-refractivity contribution is -0.134. The summed E-state index contributed by atoms with van der Waals surface area (Å²) in [7, 11) is 0. The highest BCUT2D eigenvalue weighted by Crippen LogP contribution is 2.24. The maximum absolute atomic E-state index is 11.0. The zero-order valence-corrected chi connectivity index (χ0v) is 9.03. The van der Waals surface area contributed by atoms with Crippen molar-refractivity contribution < 1.29 is 9.90 Å². The van der Waals surface area contributed by atoms with E-state index >= 15 is 0 Å². The fraction of sp³-hybridized carbons (Fsp3) is 0.700. The number of carboxylic acids is 1. The molecule has 0 fully saturated rings. The molecule has 0 aliphatic carbocycles. The van der Waals surface area contributed by atoms with Gasteiger partial charge in [0.25, 0.3) is 0 Å². The predicted octanol–water partition coefficient (Wildman–Crippen LogP) is 1.31. The molecule has 80 valence electrons. The van der Waals surface area contributed by atoms with Crippen LogP contribution in [0.1, 0.15) is 27.2 Å². The molecule has 0 aromatic rings. The molecule has 0 aromatic carbocycles. The number of rotatable bonds is 4. The summed E-state index contributed by atoms with van der Waals surface area (Å²) < 4.78 is 0. The first-order valence-corrected chi connectivity index (χ1v) is 5.13. The summed E-state index contributed by atoms with van der Waals surface area (Å²) in [5, 5.41) is 9.00. The first-order valence-electron chi connectivity index (χ1n) is 5.13. The lowest BCUT2D eigenvalue weighted by Gasteiger charge is -2.31. The molecular weight excluding hydrogens is 180 g/mol. The molecule has 1 atom stereocenters. The molecule has 0 amide bonds. The average Bonchev–Trinajstić information content (AvgIpc) is 2.54. The van der Waals surface area contributed by atoms with Gasteiger partial charge in [-0.2, -0.15) is 0 Å². The van der Waals surface area contributed by atoms with Crippen LogP contribution in [-0.4, -0.2) is 40.1 Å². The average molecular weight is 198 g/mol. The van der Waals surface area contributed by atoms with Gasteiger partial charge in [0.05, 0.1) is 0 Å². The smallest absolute Gasteiger partial charge is 0.353 e. The second-order valence-corrected chi connectivity index (χ2v) is 3.32. The predicted molar refractivity (Wildman–Crippen MR) is 54.6 cm³/mol. The van der Waals surface area contributed by atoms with E-state index in [-0.39, 0.29) is 6.17 Å². The summed E-state index contributed by atoms with van der Waals surface area (Å²) in [4.78, 5) is 15.0. The summed E-state index contributed by atoms with van der Waals surface area (Å²) in [5.74, 6) is -0.832. The van der Waals surface area contributed by atoms with Gasteiger partial charge < -0.3 is 14.9 Å². The fourth-order valence-corrected chi connectivity index (χ4v) is 1.97. The first-order chi connectivity index (χ1) is 6.65. The summed E-state index contributed by atoms with van der Waals surface area (Å²) in [6.07, 6.45) is 2.91. The Labute approximate surface area is 84.8 Å². The van der Waals surface area contributed by atoms with Gasteiger partial charge in [-0.1, -0.05) is 6.92 Å². The highest BCUT2D eigenvalue weighted by atomic mass is 16.4. The SMILES string of the molecule is CCC1N(CC)C=C(C(=O)O)N1CC. The molecule has 1 aliphatic rings. The van der Waals surface area contributed by atoms with Gasteiger partial charge in [-0.05, 0) is 20.3 Å². The van der Waals surface area contributed by atoms with Crippen LogP contribution in [0, 0.1) is 0 Å². The minimum atomic E-state index is -0.832. The normalized spacial score (nSPS) is 21.4. The Hall–Kier alpha value is -1.19. The second kappa shape index (κ2) is 4.35. The summed E-state index contributed by atoms with van der Waals surface area (Å²) in [6.45, 7) is 7.70. The largest absolute Gasteiger partial charge is 0.477 e. The van der Waals surface area contributed by atoms with E-state index in [0.717, 1.165) is 19.5 Å². The number of carboxylic acid groups (broad SMARTS) is 1. The van der Waals surface area contributed by atoms with Gasteiger partial charge in [0.2, 0.25) is 0 Å². The third-order valence-corrected chi connectivity index (χ3v) is 2.63. The maximum Gasteiger partial charge on any atom is 0.353 e. The number of hydrogen-bond donors (Lipinski definition) is 1. The number of carbonyl (C=O) groups is 1. The van der Waals surface area contributed by atoms with Gasteiger partial charge in [0.1, 0.15) is 11.9 Å². The lowest BCUT2D eigenvalue weighted by Crippen LogP contribution is -2.40. The highest BCUT2D eigenvalue weighted by Gasteiger charge is 2.31. The number of likely N-dealkylation sites (N-methyl/N-ethyl adjacent to an activating group) is 1. The van der Waals surface area contributed by atoms with Crippen LogP contribution in [0.3, 0.4) is 0 Å². The Kier molecular flexibility index (Phi) is 3.38. The Morgan fingerprint density at radius 1 is 1.43 bits per heavy atom. The van der Waals surface area contributed by atoms with Crippen LogP contribution in [0.4, 0.5) is 0 Å². The molecule has 1 unspecified atom stereocenters. The molecule has 0 radical (unpaired) electrons. The van der Waals surface area contributed by atoms with Crippen molar-refractivity contribution in [2.24, 2.45) is 0 Å². The molecule has 0 saturated carbocycles. The monoisotopic (exact) mass is 198 g/mol. The Bertz CT molecular complexity index is 251. The molecule has 4 nitrogen and oxygen atoms in total. The number of aliphatic carboxylic acids is 1. The van der Waals surface area contributed by atoms with Crippen molar-refractivity contribution in [3.05, 3.63) is 11.9 Å². The van der Waals surface area contributed by atoms with E-state index in [1.165, 1.54) is 0 Å². The Balaban J connectivity index is 2.89. The van der Waals surface area contributed by atoms with Gasteiger partial charge in [0, 0.05) is 19.3 Å². The Morgan fingerprint density at radius 3 is 2.43 bits per heavy atom. The van der Waals surface area contributed by atoms with Crippen LogP contribution >= 0.6 is 0 Å². The third kappa shape index (κ3) is 1.69. The highest BCUT2D eigenvalue weighted by molar-refractivity contribution is 5.86. The second-order valence-electron chi connectivity index (χ2n) is 3.32. The minimum Gasteiger partial charge on any atom is -0.477 e. The van der Waals surface area contributed by atoms with Gasteiger partial charge >= 0.3 is 5.97 Å². The van der Waals surface area contributed by atoms with E-state index in [0.29, 0.717) is 5.70 Å². The summed E-state index contributed by atoms with van der Waals surface area (Å²) in [5.41, 5.74) is 0.418. The van der Waals surface area contributed by atoms with Crippen molar-refractivity contribution in [3.63, 3.8) is 0 Å². The minimum absolute atomic E-state index is 0.219. The van der Waals surface area contributed by atoms with Crippen LogP contribution in [0.2, 0.25) is 0 Å². The van der Waals surface area contributed by atoms with E-state index in [9.17, 15) is 4.79 Å². The van der Waals surface area contributed by atoms with Crippen LogP contribution < -0.4 is 0 Å². The Morgan fingerprint density at radius 2 is 2.07 bits per heavy atom. The van der Waals surface area contributed by atoms with Crippen LogP contribution in [0.15, 0.2) is 11.9 Å². The third-order valence-electron chi connectivity index (χ3n) is 2.63. The van der Waals surface area contributed by atoms with Gasteiger partial charge in [0.15, 0.2) is 0 Å². The standard InChI is InChI=1S/C10H18N2O2/c1-4-9-11(5-2)7-8(10(13)14)12(9)6-3/h7,9H,4-6H2,1-3H3,(H,13,14). The molecule has 14 heavy (non-hydrogen) atoms. The quantitative estimate of drug-likeness (QED) is 0.739. The van der Waals surface area contributed by atoms with E-state index in [4.69, 9.17) is 5.11 Å². The molecular formula is C10H18N2O2. The molecule has 1 aliphatic heterocycles. The van der Waals surface area contributed by atoms with Crippen molar-refractivity contribution in [1.82, 2.24) is 9.80 Å². The van der Waals surface area contributed by atoms with Crippen molar-refractivity contribution in [1.29, 1.82) is 0 Å². The lowest BCUT2D eigenvalue weighted by atomic mass is 10.3. The molecule has 1 heterocycles. The zero-order valence-electron chi connectivity index (χ0n) is 9.03. The fourth-order valence-electron chi connectivity index (χ4n) is 1.97. The van der Waals surface area contributed by atoms with E-state index < -0.39 is 5.97 Å². The van der Waals surface area contributed by atoms with Crippen LogP contribution in [0.5, 0.6) is 0 Å². The summed E-state index contributed by atoms with van der Waals surface area (Å²) >= 11 is 0. The molecule has 1 N–H and O–H groups in total. The van der Waals surface area contributed by atoms with Crippen molar-refractivity contribution in [2.75, 3.05) is 13.1 Å². The van der Waals surface area contributed by atoms with E-state index in [1.54, 1.807) is 6.20 Å². The van der Waals surface area contributed by atoms with Crippen molar-refractivity contribution >= 4 is 5.97 Å². The van der Waals surface area contributed by atoms with Gasteiger partial charge in [-0.25, -0.2) is 4.79 Å². The van der Waals surface area contributed by atoms with Crippen LogP contribution in [-0.2, 0) is 4.79 Å². The topological polar surface area (TPSA) is 43.8 Å². The molecule has 0 saturated heterocycles. The molecule has 0 aromatic heterocycles. The first kappa shape index (κ1) is 10.9. The number of hydrogen-bond acceptors (Lipinski definition) is 3. The van der Waals surface area contributed by atoms with Gasteiger partial charge in [-0.3, -0.25) is 0 Å². The summed E-state index contributed by atoms with van der Waals surface area (Å²) in [6, 6.07) is 0. The number of nitrogens with zero attached hydrogens (tertiary/aromatic N) is 2.